The Bertz CT molecular complexity index is 477. The standard InChI is InChI=1S/C16H26N4O/c1-3-15-11-20(8-7-19(15)2)12-16(21)18-14-6-4-5-13(9-14)10-17/h4-6,9,15H,3,7-8,10-12,17H2,1-2H3,(H,18,21). The van der Waals surface area contributed by atoms with Gasteiger partial charge in [0, 0.05) is 37.9 Å². The average Bonchev–Trinajstić information content (AvgIpc) is 2.49. The molecular weight excluding hydrogens is 264 g/mol. The molecule has 0 aromatic heterocycles. The van der Waals surface area contributed by atoms with Gasteiger partial charge in [-0.15, -0.1) is 0 Å². The minimum Gasteiger partial charge on any atom is -0.326 e. The lowest BCUT2D eigenvalue weighted by molar-refractivity contribution is -0.118. The van der Waals surface area contributed by atoms with Crippen LogP contribution in [-0.2, 0) is 11.3 Å². The van der Waals surface area contributed by atoms with E-state index in [0.717, 1.165) is 37.3 Å². The molecule has 0 saturated carbocycles. The molecule has 5 heteroatoms. The second-order valence-corrected chi connectivity index (χ2v) is 5.73. The first-order chi connectivity index (χ1) is 10.1. The van der Waals surface area contributed by atoms with Gasteiger partial charge in [-0.1, -0.05) is 19.1 Å². The molecule has 1 aromatic carbocycles. The number of likely N-dealkylation sites (N-methyl/N-ethyl adjacent to an activating group) is 1. The normalized spacial score (nSPS) is 20.4. The van der Waals surface area contributed by atoms with Gasteiger partial charge in [0.05, 0.1) is 6.54 Å². The van der Waals surface area contributed by atoms with E-state index < -0.39 is 0 Å². The number of carbonyl (C=O) groups is 1. The summed E-state index contributed by atoms with van der Waals surface area (Å²) in [6.45, 7) is 6.07. The highest BCUT2D eigenvalue weighted by atomic mass is 16.2. The maximum absolute atomic E-state index is 12.2. The Kier molecular flexibility index (Phi) is 5.73. The first-order valence-electron chi connectivity index (χ1n) is 7.63. The Labute approximate surface area is 127 Å². The molecule has 0 radical (unpaired) electrons. The van der Waals surface area contributed by atoms with E-state index in [1.165, 1.54) is 0 Å². The first-order valence-corrected chi connectivity index (χ1v) is 7.63. The molecule has 1 aromatic rings. The Morgan fingerprint density at radius 1 is 1.43 bits per heavy atom. The summed E-state index contributed by atoms with van der Waals surface area (Å²) in [5, 5.41) is 2.96. The second-order valence-electron chi connectivity index (χ2n) is 5.73. The van der Waals surface area contributed by atoms with Gasteiger partial charge >= 0.3 is 0 Å². The van der Waals surface area contributed by atoms with Crippen molar-refractivity contribution in [3.63, 3.8) is 0 Å². The van der Waals surface area contributed by atoms with Crippen LogP contribution >= 0.6 is 0 Å². The first kappa shape index (κ1) is 15.9. The molecule has 1 saturated heterocycles. The number of carbonyl (C=O) groups excluding carboxylic acids is 1. The van der Waals surface area contributed by atoms with Gasteiger partial charge in [0.2, 0.25) is 5.91 Å². The van der Waals surface area contributed by atoms with E-state index in [9.17, 15) is 4.79 Å². The van der Waals surface area contributed by atoms with Gasteiger partial charge in [-0.25, -0.2) is 0 Å². The Balaban J connectivity index is 1.86. The van der Waals surface area contributed by atoms with E-state index in [4.69, 9.17) is 5.73 Å². The number of anilines is 1. The lowest BCUT2D eigenvalue weighted by atomic mass is 10.1. The zero-order chi connectivity index (χ0) is 15.2. The molecule has 1 heterocycles. The maximum atomic E-state index is 12.2. The number of nitrogens with two attached hydrogens (primary N) is 1. The summed E-state index contributed by atoms with van der Waals surface area (Å²) in [7, 11) is 2.16. The Hall–Kier alpha value is -1.43. The van der Waals surface area contributed by atoms with Crippen molar-refractivity contribution in [2.45, 2.75) is 25.9 Å². The van der Waals surface area contributed by atoms with Crippen LogP contribution in [0.1, 0.15) is 18.9 Å². The summed E-state index contributed by atoms with van der Waals surface area (Å²) in [6, 6.07) is 8.25. The van der Waals surface area contributed by atoms with Crippen molar-refractivity contribution in [1.82, 2.24) is 9.80 Å². The van der Waals surface area contributed by atoms with E-state index in [2.05, 4.69) is 29.1 Å². The largest absolute Gasteiger partial charge is 0.326 e. The van der Waals surface area contributed by atoms with Crippen LogP contribution in [0, 0.1) is 0 Å². The molecular formula is C16H26N4O. The maximum Gasteiger partial charge on any atom is 0.238 e. The van der Waals surface area contributed by atoms with E-state index in [0.29, 0.717) is 19.1 Å². The minimum absolute atomic E-state index is 0.0450. The number of hydrogen-bond acceptors (Lipinski definition) is 4. The number of amides is 1. The molecule has 3 N–H and O–H groups in total. The topological polar surface area (TPSA) is 61.6 Å². The van der Waals surface area contributed by atoms with Crippen molar-refractivity contribution in [2.75, 3.05) is 38.5 Å². The minimum atomic E-state index is 0.0450. The van der Waals surface area contributed by atoms with Crippen molar-refractivity contribution in [3.05, 3.63) is 29.8 Å². The molecule has 1 aliphatic heterocycles. The number of rotatable bonds is 5. The summed E-state index contributed by atoms with van der Waals surface area (Å²) >= 11 is 0. The molecule has 1 fully saturated rings. The van der Waals surface area contributed by atoms with Crippen LogP contribution < -0.4 is 11.1 Å². The summed E-state index contributed by atoms with van der Waals surface area (Å²) in [6.07, 6.45) is 1.12. The van der Waals surface area contributed by atoms with E-state index in [1.54, 1.807) is 0 Å². The summed E-state index contributed by atoms with van der Waals surface area (Å²) < 4.78 is 0. The lowest BCUT2D eigenvalue weighted by Gasteiger charge is -2.38. The number of nitrogens with zero attached hydrogens (tertiary/aromatic N) is 2. The molecule has 0 bridgehead atoms. The highest BCUT2D eigenvalue weighted by Crippen LogP contribution is 2.12. The highest BCUT2D eigenvalue weighted by Gasteiger charge is 2.24. The van der Waals surface area contributed by atoms with Crippen LogP contribution in [0.15, 0.2) is 24.3 Å². The van der Waals surface area contributed by atoms with E-state index in [-0.39, 0.29) is 5.91 Å². The summed E-state index contributed by atoms with van der Waals surface area (Å²) in [4.78, 5) is 16.8. The highest BCUT2D eigenvalue weighted by molar-refractivity contribution is 5.92. The monoisotopic (exact) mass is 290 g/mol. The zero-order valence-electron chi connectivity index (χ0n) is 13.0. The third kappa shape index (κ3) is 4.52. The van der Waals surface area contributed by atoms with Gasteiger partial charge in [0.25, 0.3) is 0 Å². The molecule has 1 atom stereocenters. The summed E-state index contributed by atoms with van der Waals surface area (Å²) in [5.74, 6) is 0.0450. The quantitative estimate of drug-likeness (QED) is 0.853. The summed E-state index contributed by atoms with van der Waals surface area (Å²) in [5.41, 5.74) is 7.47. The molecule has 116 valence electrons. The third-order valence-corrected chi connectivity index (χ3v) is 4.15. The van der Waals surface area contributed by atoms with Gasteiger partial charge in [-0.2, -0.15) is 0 Å². The number of hydrogen-bond donors (Lipinski definition) is 2. The van der Waals surface area contributed by atoms with Crippen molar-refractivity contribution >= 4 is 11.6 Å². The van der Waals surface area contributed by atoms with Crippen molar-refractivity contribution in [2.24, 2.45) is 5.73 Å². The molecule has 0 spiro atoms. The molecule has 1 unspecified atom stereocenters. The second kappa shape index (κ2) is 7.54. The predicted octanol–water partition coefficient (Wildman–Crippen LogP) is 1.11. The smallest absolute Gasteiger partial charge is 0.238 e. The number of nitrogens with one attached hydrogen (secondary N) is 1. The molecule has 21 heavy (non-hydrogen) atoms. The molecule has 1 amide bonds. The van der Waals surface area contributed by atoms with Gasteiger partial charge in [0.1, 0.15) is 0 Å². The van der Waals surface area contributed by atoms with Crippen molar-refractivity contribution < 1.29 is 4.79 Å². The average molecular weight is 290 g/mol. The number of benzene rings is 1. The third-order valence-electron chi connectivity index (χ3n) is 4.15. The van der Waals surface area contributed by atoms with E-state index in [1.807, 2.05) is 24.3 Å². The van der Waals surface area contributed by atoms with Crippen LogP contribution in [0.2, 0.25) is 0 Å². The lowest BCUT2D eigenvalue weighted by Crippen LogP contribution is -2.52. The molecule has 0 aliphatic carbocycles. The van der Waals surface area contributed by atoms with Crippen LogP contribution in [0.25, 0.3) is 0 Å². The van der Waals surface area contributed by atoms with Crippen molar-refractivity contribution in [1.29, 1.82) is 0 Å². The fraction of sp³-hybridized carbons (Fsp3) is 0.562. The zero-order valence-corrected chi connectivity index (χ0v) is 13.0. The van der Waals surface area contributed by atoms with Crippen LogP contribution in [-0.4, -0.2) is 55.0 Å². The van der Waals surface area contributed by atoms with Gasteiger partial charge in [-0.3, -0.25) is 9.69 Å². The SMILES string of the molecule is CCC1CN(CC(=O)Nc2cccc(CN)c2)CCN1C. The Morgan fingerprint density at radius 2 is 2.24 bits per heavy atom. The van der Waals surface area contributed by atoms with Crippen LogP contribution in [0.4, 0.5) is 5.69 Å². The van der Waals surface area contributed by atoms with E-state index >= 15 is 0 Å². The van der Waals surface area contributed by atoms with Crippen molar-refractivity contribution in [3.8, 4) is 0 Å². The van der Waals surface area contributed by atoms with Crippen LogP contribution in [0.5, 0.6) is 0 Å². The fourth-order valence-electron chi connectivity index (χ4n) is 2.77. The van der Waals surface area contributed by atoms with Gasteiger partial charge in [-0.05, 0) is 31.2 Å². The Morgan fingerprint density at radius 3 is 2.95 bits per heavy atom. The van der Waals surface area contributed by atoms with Gasteiger partial charge in [0.15, 0.2) is 0 Å². The molecule has 5 nitrogen and oxygen atoms in total. The van der Waals surface area contributed by atoms with Crippen LogP contribution in [0.3, 0.4) is 0 Å². The fourth-order valence-corrected chi connectivity index (χ4v) is 2.77. The van der Waals surface area contributed by atoms with Gasteiger partial charge < -0.3 is 16.0 Å². The number of piperazine rings is 1. The molecule has 1 aliphatic rings. The molecule has 2 rings (SSSR count). The predicted molar refractivity (Wildman–Crippen MR) is 86.1 cm³/mol.